The van der Waals surface area contributed by atoms with E-state index < -0.39 is 15.9 Å². The number of carbonyl (C=O) groups is 1. The lowest BCUT2D eigenvalue weighted by atomic mass is 10.1. The zero-order valence-electron chi connectivity index (χ0n) is 21.4. The van der Waals surface area contributed by atoms with Crippen molar-refractivity contribution in [3.63, 3.8) is 0 Å². The van der Waals surface area contributed by atoms with Gasteiger partial charge in [0.1, 0.15) is 5.75 Å². The molecule has 0 aliphatic rings. The Bertz CT molecular complexity index is 1630. The van der Waals surface area contributed by atoms with Crippen LogP contribution in [0.4, 0.5) is 11.6 Å². The number of rotatable bonds is 10. The first kappa shape index (κ1) is 26.5. The van der Waals surface area contributed by atoms with Crippen molar-refractivity contribution in [3.8, 4) is 23.0 Å². The van der Waals surface area contributed by atoms with Gasteiger partial charge in [-0.1, -0.05) is 48.5 Å². The smallest absolute Gasteiger partial charge is 0.257 e. The summed E-state index contributed by atoms with van der Waals surface area (Å²) in [6.45, 7) is 0. The van der Waals surface area contributed by atoms with E-state index in [0.29, 0.717) is 34.6 Å². The molecule has 5 rings (SSSR count). The van der Waals surface area contributed by atoms with Gasteiger partial charge in [0.05, 0.1) is 18.4 Å². The van der Waals surface area contributed by atoms with E-state index >= 15 is 0 Å². The maximum atomic E-state index is 12.4. The first-order chi connectivity index (χ1) is 19.4. The van der Waals surface area contributed by atoms with E-state index in [4.69, 9.17) is 4.74 Å². The standard InChI is InChI=1S/C28H25N7O4S/c1-39-23-14-16-24(17-15-23)40(37,38)34-32-26(36)19-20-10-12-22(13-11-20)30-28-31-27(21-7-3-2-4-8-21)35(33-28)25-9-5-6-18-29-25/h2-18,34H,19H2,1H3,(H,30,33)(H,32,36). The van der Waals surface area contributed by atoms with Gasteiger partial charge in [-0.2, -0.15) is 9.67 Å². The van der Waals surface area contributed by atoms with Gasteiger partial charge in [-0.3, -0.25) is 10.2 Å². The van der Waals surface area contributed by atoms with Crippen molar-refractivity contribution in [2.45, 2.75) is 11.3 Å². The normalized spacial score (nSPS) is 11.1. The molecular weight excluding hydrogens is 530 g/mol. The van der Waals surface area contributed by atoms with Crippen LogP contribution in [0, 0.1) is 0 Å². The predicted molar refractivity (Wildman–Crippen MR) is 149 cm³/mol. The highest BCUT2D eigenvalue weighted by Crippen LogP contribution is 2.23. The van der Waals surface area contributed by atoms with Crippen molar-refractivity contribution in [3.05, 3.63) is 109 Å². The molecule has 0 spiro atoms. The summed E-state index contributed by atoms with van der Waals surface area (Å²) in [6.07, 6.45) is 1.66. The Morgan fingerprint density at radius 2 is 1.62 bits per heavy atom. The van der Waals surface area contributed by atoms with Gasteiger partial charge in [0.15, 0.2) is 11.6 Å². The van der Waals surface area contributed by atoms with Crippen LogP contribution < -0.4 is 20.3 Å². The van der Waals surface area contributed by atoms with E-state index in [-0.39, 0.29) is 11.3 Å². The van der Waals surface area contributed by atoms with Crippen LogP contribution in [0.2, 0.25) is 0 Å². The largest absolute Gasteiger partial charge is 0.497 e. The number of pyridine rings is 1. The Morgan fingerprint density at radius 3 is 2.30 bits per heavy atom. The predicted octanol–water partition coefficient (Wildman–Crippen LogP) is 3.63. The number of amides is 1. The topological polar surface area (TPSA) is 140 Å². The molecular formula is C28H25N7O4S. The highest BCUT2D eigenvalue weighted by Gasteiger charge is 2.16. The molecule has 1 amide bonds. The number of aromatic nitrogens is 4. The number of sulfonamides is 1. The summed E-state index contributed by atoms with van der Waals surface area (Å²) in [7, 11) is -2.44. The van der Waals surface area contributed by atoms with Crippen molar-refractivity contribution >= 4 is 27.6 Å². The molecule has 12 heteroatoms. The van der Waals surface area contributed by atoms with Crippen molar-refractivity contribution in [1.82, 2.24) is 30.0 Å². The van der Waals surface area contributed by atoms with Crippen molar-refractivity contribution in [1.29, 1.82) is 0 Å². The van der Waals surface area contributed by atoms with Crippen LogP contribution in [-0.4, -0.2) is 41.2 Å². The maximum absolute atomic E-state index is 12.4. The summed E-state index contributed by atoms with van der Waals surface area (Å²) in [6, 6.07) is 28.1. The summed E-state index contributed by atoms with van der Waals surface area (Å²) < 4.78 is 31.5. The number of hydrogen-bond donors (Lipinski definition) is 3. The SMILES string of the molecule is COc1ccc(S(=O)(=O)NNC(=O)Cc2ccc(Nc3nc(-c4ccccc4)n(-c4ccccn4)n3)cc2)cc1. The molecule has 0 bridgehead atoms. The highest BCUT2D eigenvalue weighted by atomic mass is 32.2. The molecule has 0 radical (unpaired) electrons. The van der Waals surface area contributed by atoms with Crippen LogP contribution in [0.5, 0.6) is 5.75 Å². The summed E-state index contributed by atoms with van der Waals surface area (Å²) in [5, 5.41) is 7.78. The molecule has 0 saturated carbocycles. The average Bonchev–Trinajstić information content (AvgIpc) is 3.42. The molecule has 11 nitrogen and oxygen atoms in total. The fourth-order valence-electron chi connectivity index (χ4n) is 3.78. The molecule has 5 aromatic rings. The van der Waals surface area contributed by atoms with E-state index in [1.165, 1.54) is 31.4 Å². The number of methoxy groups -OCH3 is 1. The van der Waals surface area contributed by atoms with Gasteiger partial charge < -0.3 is 10.1 Å². The third kappa shape index (κ3) is 6.31. The zero-order chi connectivity index (χ0) is 28.0. The van der Waals surface area contributed by atoms with Crippen molar-refractivity contribution < 1.29 is 17.9 Å². The van der Waals surface area contributed by atoms with Crippen LogP contribution in [0.15, 0.2) is 108 Å². The van der Waals surface area contributed by atoms with Crippen molar-refractivity contribution in [2.24, 2.45) is 0 Å². The van der Waals surface area contributed by atoms with E-state index in [1.807, 2.05) is 48.5 Å². The number of hydrazine groups is 1. The van der Waals surface area contributed by atoms with Crippen LogP contribution in [-0.2, 0) is 21.2 Å². The van der Waals surface area contributed by atoms with Gasteiger partial charge in [0.25, 0.3) is 10.0 Å². The van der Waals surface area contributed by atoms with Gasteiger partial charge in [0.2, 0.25) is 11.9 Å². The minimum absolute atomic E-state index is 0.00135. The summed E-state index contributed by atoms with van der Waals surface area (Å²) in [5.74, 6) is 1.65. The third-order valence-electron chi connectivity index (χ3n) is 5.77. The number of anilines is 2. The molecule has 0 atom stereocenters. The van der Waals surface area contributed by atoms with Crippen molar-refractivity contribution in [2.75, 3.05) is 12.4 Å². The van der Waals surface area contributed by atoms with E-state index in [2.05, 4.69) is 30.6 Å². The van der Waals surface area contributed by atoms with Gasteiger partial charge in [-0.05, 0) is 54.1 Å². The summed E-state index contributed by atoms with van der Waals surface area (Å²) in [4.78, 5) is 23.5. The second kappa shape index (κ2) is 11.8. The Balaban J connectivity index is 1.23. The number of hydrogen-bond acceptors (Lipinski definition) is 8. The van der Waals surface area contributed by atoms with Gasteiger partial charge in [0, 0.05) is 17.4 Å². The molecule has 40 heavy (non-hydrogen) atoms. The Kier molecular flexibility index (Phi) is 7.80. The summed E-state index contributed by atoms with van der Waals surface area (Å²) >= 11 is 0. The average molecular weight is 556 g/mol. The quantitative estimate of drug-likeness (QED) is 0.222. The monoisotopic (exact) mass is 555 g/mol. The number of benzene rings is 3. The number of ether oxygens (including phenoxy) is 1. The molecule has 0 saturated heterocycles. The minimum Gasteiger partial charge on any atom is -0.497 e. The lowest BCUT2D eigenvalue weighted by molar-refractivity contribution is -0.120. The summed E-state index contributed by atoms with van der Waals surface area (Å²) in [5.41, 5.74) is 4.52. The molecule has 0 unspecified atom stereocenters. The lowest BCUT2D eigenvalue weighted by Crippen LogP contribution is -2.42. The molecule has 202 valence electrons. The molecule has 3 aromatic carbocycles. The number of nitrogens with zero attached hydrogens (tertiary/aromatic N) is 4. The van der Waals surface area contributed by atoms with E-state index in [9.17, 15) is 13.2 Å². The maximum Gasteiger partial charge on any atom is 0.257 e. The Morgan fingerprint density at radius 1 is 0.900 bits per heavy atom. The molecule has 2 heterocycles. The third-order valence-corrected chi connectivity index (χ3v) is 7.04. The first-order valence-electron chi connectivity index (χ1n) is 12.2. The minimum atomic E-state index is -3.92. The molecule has 2 aromatic heterocycles. The molecule has 0 fully saturated rings. The molecule has 0 aliphatic carbocycles. The molecule has 3 N–H and O–H groups in total. The fourth-order valence-corrected chi connectivity index (χ4v) is 4.64. The van der Waals surface area contributed by atoms with Crippen LogP contribution in [0.25, 0.3) is 17.2 Å². The number of carbonyl (C=O) groups excluding carboxylic acids is 1. The molecule has 0 aliphatic heterocycles. The van der Waals surface area contributed by atoms with Crippen LogP contribution >= 0.6 is 0 Å². The van der Waals surface area contributed by atoms with Crippen LogP contribution in [0.1, 0.15) is 5.56 Å². The van der Waals surface area contributed by atoms with E-state index in [0.717, 1.165) is 5.56 Å². The highest BCUT2D eigenvalue weighted by molar-refractivity contribution is 7.89. The van der Waals surface area contributed by atoms with Gasteiger partial charge in [-0.25, -0.2) is 13.4 Å². The first-order valence-corrected chi connectivity index (χ1v) is 13.6. The zero-order valence-corrected chi connectivity index (χ0v) is 22.2. The Hall–Kier alpha value is -5.07. The lowest BCUT2D eigenvalue weighted by Gasteiger charge is -2.09. The van der Waals surface area contributed by atoms with E-state index in [1.54, 1.807) is 35.1 Å². The van der Waals surface area contributed by atoms with Crippen LogP contribution in [0.3, 0.4) is 0 Å². The van der Waals surface area contributed by atoms with Gasteiger partial charge in [-0.15, -0.1) is 9.93 Å². The number of nitrogens with one attached hydrogen (secondary N) is 3. The fraction of sp³-hybridized carbons (Fsp3) is 0.0714. The second-order valence-corrected chi connectivity index (χ2v) is 10.2. The Labute approximate surface area is 230 Å². The second-order valence-electron chi connectivity index (χ2n) is 8.55. The van der Waals surface area contributed by atoms with Gasteiger partial charge >= 0.3 is 0 Å².